The second-order valence-electron chi connectivity index (χ2n) is 3.20. The molecule has 0 saturated carbocycles. The Hall–Kier alpha value is -1.36. The van der Waals surface area contributed by atoms with Gasteiger partial charge in [-0.05, 0) is 6.07 Å². The summed E-state index contributed by atoms with van der Waals surface area (Å²) >= 11 is 0. The summed E-state index contributed by atoms with van der Waals surface area (Å²) in [6.07, 6.45) is 1.58. The number of H-pyrrole nitrogens is 1. The molecule has 0 bridgehead atoms. The van der Waals surface area contributed by atoms with E-state index in [1.807, 2.05) is 7.05 Å². The Kier molecular flexibility index (Phi) is 2.02. The fourth-order valence-corrected chi connectivity index (χ4v) is 1.28. The fourth-order valence-electron chi connectivity index (χ4n) is 1.28. The summed E-state index contributed by atoms with van der Waals surface area (Å²) in [7, 11) is 1.81. The minimum atomic E-state index is 0.00370. The van der Waals surface area contributed by atoms with Gasteiger partial charge < -0.3 is 10.2 Å². The lowest BCUT2D eigenvalue weighted by Gasteiger charge is -2.35. The lowest BCUT2D eigenvalue weighted by atomic mass is 10.1. The Bertz CT molecular complexity index is 291. The average Bonchev–Trinajstić information content (AvgIpc) is 2.51. The number of hydrogen-bond acceptors (Lipinski definition) is 3. The van der Waals surface area contributed by atoms with Gasteiger partial charge in [-0.1, -0.05) is 0 Å². The van der Waals surface area contributed by atoms with Crippen LogP contribution in [0.15, 0.2) is 12.3 Å². The van der Waals surface area contributed by atoms with Crippen molar-refractivity contribution in [3.63, 3.8) is 0 Å². The third-order valence-electron chi connectivity index (χ3n) is 2.36. The molecule has 0 spiro atoms. The normalized spacial score (nSPS) is 16.7. The highest BCUT2D eigenvalue weighted by Gasteiger charge is 2.26. The second-order valence-corrected chi connectivity index (χ2v) is 3.20. The minimum Gasteiger partial charge on any atom is -0.335 e. The van der Waals surface area contributed by atoms with Crippen molar-refractivity contribution in [2.45, 2.75) is 6.04 Å². The van der Waals surface area contributed by atoms with E-state index in [1.54, 1.807) is 17.2 Å². The first-order chi connectivity index (χ1) is 6.29. The lowest BCUT2D eigenvalue weighted by molar-refractivity contribution is 0.0675. The summed E-state index contributed by atoms with van der Waals surface area (Å²) in [5.41, 5.74) is 0.550. The number of carbonyl (C=O) groups excluding carboxylic acids is 1. The highest BCUT2D eigenvalue weighted by atomic mass is 16.2. The summed E-state index contributed by atoms with van der Waals surface area (Å²) < 4.78 is 0. The van der Waals surface area contributed by atoms with E-state index in [4.69, 9.17) is 0 Å². The molecule has 1 fully saturated rings. The summed E-state index contributed by atoms with van der Waals surface area (Å²) in [6, 6.07) is 2.01. The molecule has 5 nitrogen and oxygen atoms in total. The molecule has 1 amide bonds. The van der Waals surface area contributed by atoms with Crippen LogP contribution in [-0.4, -0.2) is 47.2 Å². The molecule has 2 rings (SSSR count). The molecular weight excluding hydrogens is 168 g/mol. The van der Waals surface area contributed by atoms with E-state index in [9.17, 15) is 4.79 Å². The summed E-state index contributed by atoms with van der Waals surface area (Å²) in [5, 5.41) is 9.52. The van der Waals surface area contributed by atoms with Crippen molar-refractivity contribution in [1.29, 1.82) is 0 Å². The predicted octanol–water partition coefficient (Wildman–Crippen LogP) is -0.547. The molecule has 1 saturated heterocycles. The number of nitrogens with zero attached hydrogens (tertiary/aromatic N) is 2. The van der Waals surface area contributed by atoms with Crippen LogP contribution in [0.4, 0.5) is 0 Å². The van der Waals surface area contributed by atoms with E-state index in [-0.39, 0.29) is 5.91 Å². The minimum absolute atomic E-state index is 0.00370. The smallest absolute Gasteiger partial charge is 0.271 e. The van der Waals surface area contributed by atoms with Gasteiger partial charge in [-0.25, -0.2) is 0 Å². The molecule has 0 unspecified atom stereocenters. The first-order valence-electron chi connectivity index (χ1n) is 4.26. The first-order valence-corrected chi connectivity index (χ1v) is 4.26. The molecule has 0 aromatic carbocycles. The number of aromatic nitrogens is 2. The third-order valence-corrected chi connectivity index (χ3v) is 2.36. The SMILES string of the molecule is CN(C(=O)c1ccn[nH]1)C1CNC1. The maximum absolute atomic E-state index is 11.7. The number of rotatable bonds is 2. The highest BCUT2D eigenvalue weighted by molar-refractivity contribution is 5.92. The van der Waals surface area contributed by atoms with Crippen molar-refractivity contribution >= 4 is 5.91 Å². The quantitative estimate of drug-likeness (QED) is 0.642. The molecule has 0 atom stereocenters. The summed E-state index contributed by atoms with van der Waals surface area (Å²) in [6.45, 7) is 1.77. The molecule has 1 aliphatic heterocycles. The lowest BCUT2D eigenvalue weighted by Crippen LogP contribution is -2.57. The highest BCUT2D eigenvalue weighted by Crippen LogP contribution is 2.06. The van der Waals surface area contributed by atoms with E-state index < -0.39 is 0 Å². The van der Waals surface area contributed by atoms with Crippen molar-refractivity contribution in [3.8, 4) is 0 Å². The van der Waals surface area contributed by atoms with Gasteiger partial charge in [0.15, 0.2) is 0 Å². The van der Waals surface area contributed by atoms with Gasteiger partial charge in [-0.2, -0.15) is 5.10 Å². The van der Waals surface area contributed by atoms with Gasteiger partial charge in [0.05, 0.1) is 6.04 Å². The van der Waals surface area contributed by atoms with Gasteiger partial charge in [-0.15, -0.1) is 0 Å². The average molecular weight is 180 g/mol. The van der Waals surface area contributed by atoms with Crippen molar-refractivity contribution < 1.29 is 4.79 Å². The van der Waals surface area contributed by atoms with Crippen LogP contribution in [0.5, 0.6) is 0 Å². The third kappa shape index (κ3) is 1.42. The zero-order chi connectivity index (χ0) is 9.26. The summed E-state index contributed by atoms with van der Waals surface area (Å²) in [5.74, 6) is 0.00370. The molecule has 1 aliphatic rings. The number of amides is 1. The molecule has 1 aromatic rings. The molecule has 0 aliphatic carbocycles. The maximum atomic E-state index is 11.7. The predicted molar refractivity (Wildman–Crippen MR) is 47.3 cm³/mol. The first kappa shape index (κ1) is 8.25. The standard InChI is InChI=1S/C8H12N4O/c1-12(6-4-9-5-6)8(13)7-2-3-10-11-7/h2-3,6,9H,4-5H2,1H3,(H,10,11). The number of aromatic amines is 1. The van der Waals surface area contributed by atoms with Crippen molar-refractivity contribution in [2.75, 3.05) is 20.1 Å². The van der Waals surface area contributed by atoms with Crippen LogP contribution in [-0.2, 0) is 0 Å². The zero-order valence-corrected chi connectivity index (χ0v) is 7.45. The van der Waals surface area contributed by atoms with Crippen molar-refractivity contribution in [1.82, 2.24) is 20.4 Å². The van der Waals surface area contributed by atoms with Gasteiger partial charge in [0.25, 0.3) is 5.91 Å². The molecule has 2 heterocycles. The topological polar surface area (TPSA) is 61.0 Å². The maximum Gasteiger partial charge on any atom is 0.271 e. The van der Waals surface area contributed by atoms with Crippen LogP contribution in [0.3, 0.4) is 0 Å². The Labute approximate surface area is 76.1 Å². The number of carbonyl (C=O) groups is 1. The number of likely N-dealkylation sites (N-methyl/N-ethyl adjacent to an activating group) is 1. The molecular formula is C8H12N4O. The molecule has 2 N–H and O–H groups in total. The Balaban J connectivity index is 2.04. The van der Waals surface area contributed by atoms with Crippen LogP contribution in [0.2, 0.25) is 0 Å². The largest absolute Gasteiger partial charge is 0.335 e. The van der Waals surface area contributed by atoms with Crippen LogP contribution in [0.25, 0.3) is 0 Å². The van der Waals surface area contributed by atoms with Crippen molar-refractivity contribution in [2.24, 2.45) is 0 Å². The molecule has 13 heavy (non-hydrogen) atoms. The number of nitrogens with one attached hydrogen (secondary N) is 2. The van der Waals surface area contributed by atoms with Gasteiger partial charge in [0.2, 0.25) is 0 Å². The molecule has 0 radical (unpaired) electrons. The van der Waals surface area contributed by atoms with Gasteiger partial charge in [0.1, 0.15) is 5.69 Å². The van der Waals surface area contributed by atoms with E-state index in [2.05, 4.69) is 15.5 Å². The van der Waals surface area contributed by atoms with E-state index in [1.165, 1.54) is 0 Å². The summed E-state index contributed by atoms with van der Waals surface area (Å²) in [4.78, 5) is 13.4. The molecule has 70 valence electrons. The number of hydrogen-bond donors (Lipinski definition) is 2. The van der Waals surface area contributed by atoms with E-state index in [0.717, 1.165) is 13.1 Å². The van der Waals surface area contributed by atoms with Crippen LogP contribution in [0.1, 0.15) is 10.5 Å². The van der Waals surface area contributed by atoms with Gasteiger partial charge >= 0.3 is 0 Å². The van der Waals surface area contributed by atoms with Gasteiger partial charge in [0, 0.05) is 26.3 Å². The zero-order valence-electron chi connectivity index (χ0n) is 7.45. The Morgan fingerprint density at radius 2 is 2.46 bits per heavy atom. The fraction of sp³-hybridized carbons (Fsp3) is 0.500. The van der Waals surface area contributed by atoms with Crippen LogP contribution < -0.4 is 5.32 Å². The molecule has 5 heteroatoms. The van der Waals surface area contributed by atoms with Crippen LogP contribution in [0, 0.1) is 0 Å². The van der Waals surface area contributed by atoms with Crippen LogP contribution >= 0.6 is 0 Å². The Morgan fingerprint density at radius 3 is 2.92 bits per heavy atom. The molecule has 1 aromatic heterocycles. The second kappa shape index (κ2) is 3.18. The van der Waals surface area contributed by atoms with E-state index in [0.29, 0.717) is 11.7 Å². The van der Waals surface area contributed by atoms with Gasteiger partial charge in [-0.3, -0.25) is 9.89 Å². The van der Waals surface area contributed by atoms with Crippen molar-refractivity contribution in [3.05, 3.63) is 18.0 Å². The monoisotopic (exact) mass is 180 g/mol. The Morgan fingerprint density at radius 1 is 1.69 bits per heavy atom. The van der Waals surface area contributed by atoms with E-state index >= 15 is 0 Å².